The molecule has 1 aromatic rings. The van der Waals surface area contributed by atoms with Crippen molar-refractivity contribution in [2.24, 2.45) is 5.92 Å². The maximum Gasteiger partial charge on any atom is 0.243 e. The van der Waals surface area contributed by atoms with E-state index in [2.05, 4.69) is 10.6 Å². The Hall–Kier alpha value is -1.15. The summed E-state index contributed by atoms with van der Waals surface area (Å²) in [6, 6.07) is 9.77. The molecule has 6 nitrogen and oxygen atoms in total. The van der Waals surface area contributed by atoms with Crippen molar-refractivity contribution in [3.8, 4) is 0 Å². The van der Waals surface area contributed by atoms with Gasteiger partial charge >= 0.3 is 0 Å². The lowest BCUT2D eigenvalue weighted by Crippen LogP contribution is -2.51. The molecule has 27 heavy (non-hydrogen) atoms. The summed E-state index contributed by atoms with van der Waals surface area (Å²) in [4.78, 5) is 13.1. The van der Waals surface area contributed by atoms with E-state index in [9.17, 15) is 13.2 Å². The van der Waals surface area contributed by atoms with Crippen LogP contribution in [-0.4, -0.2) is 49.8 Å². The minimum Gasteiger partial charge on any atom is -0.353 e. The van der Waals surface area contributed by atoms with Crippen LogP contribution in [0.15, 0.2) is 35.2 Å². The predicted octanol–water partition coefficient (Wildman–Crippen LogP) is 1.91. The fourth-order valence-corrected chi connectivity index (χ4v) is 6.16. The van der Waals surface area contributed by atoms with Gasteiger partial charge in [-0.25, -0.2) is 8.42 Å². The zero-order valence-electron chi connectivity index (χ0n) is 15.3. The molecule has 2 N–H and O–H groups in total. The van der Waals surface area contributed by atoms with E-state index in [1.54, 1.807) is 30.3 Å². The minimum atomic E-state index is -3.53. The van der Waals surface area contributed by atoms with Gasteiger partial charge in [0.05, 0.1) is 10.8 Å². The molecule has 1 amide bonds. The maximum atomic E-state index is 12.8. The summed E-state index contributed by atoms with van der Waals surface area (Å²) in [5.41, 5.74) is 0. The zero-order chi connectivity index (χ0) is 18.1. The lowest BCUT2D eigenvalue weighted by molar-refractivity contribution is -0.127. The number of carbonyl (C=O) groups is 1. The van der Waals surface area contributed by atoms with Crippen LogP contribution in [0.25, 0.3) is 0 Å². The molecule has 0 aliphatic carbocycles. The van der Waals surface area contributed by atoms with Gasteiger partial charge in [-0.15, -0.1) is 12.4 Å². The molecule has 8 heteroatoms. The molecule has 0 spiro atoms. The molecule has 150 valence electrons. The molecule has 4 rings (SSSR count). The van der Waals surface area contributed by atoms with Gasteiger partial charge in [0.25, 0.3) is 0 Å². The van der Waals surface area contributed by atoms with Crippen molar-refractivity contribution in [3.63, 3.8) is 0 Å². The van der Waals surface area contributed by atoms with Crippen LogP contribution in [0.5, 0.6) is 0 Å². The van der Waals surface area contributed by atoms with E-state index >= 15 is 0 Å². The molecule has 3 unspecified atom stereocenters. The monoisotopic (exact) mass is 413 g/mol. The molecule has 0 radical (unpaired) electrons. The number of amides is 1. The van der Waals surface area contributed by atoms with Crippen LogP contribution < -0.4 is 10.6 Å². The van der Waals surface area contributed by atoms with Gasteiger partial charge in [-0.05, 0) is 50.7 Å². The number of fused-ring (bicyclic) bond motifs is 2. The highest BCUT2D eigenvalue weighted by atomic mass is 35.5. The maximum absolute atomic E-state index is 12.8. The number of carbonyl (C=O) groups excluding carboxylic acids is 1. The Morgan fingerprint density at radius 1 is 1.07 bits per heavy atom. The first-order valence-corrected chi connectivity index (χ1v) is 11.1. The predicted molar refractivity (Wildman–Crippen MR) is 106 cm³/mol. The van der Waals surface area contributed by atoms with Crippen molar-refractivity contribution in [3.05, 3.63) is 30.3 Å². The van der Waals surface area contributed by atoms with Crippen LogP contribution in [0.2, 0.25) is 0 Å². The zero-order valence-corrected chi connectivity index (χ0v) is 17.0. The summed E-state index contributed by atoms with van der Waals surface area (Å²) in [6.07, 6.45) is 5.85. The second kappa shape index (κ2) is 8.47. The molecule has 0 aromatic heterocycles. The number of nitrogens with one attached hydrogen (secondary N) is 2. The van der Waals surface area contributed by atoms with E-state index in [0.717, 1.165) is 25.7 Å². The first kappa shape index (κ1) is 20.6. The average molecular weight is 414 g/mol. The van der Waals surface area contributed by atoms with Crippen molar-refractivity contribution in [1.82, 2.24) is 14.9 Å². The third kappa shape index (κ3) is 4.47. The molecule has 0 saturated carbocycles. The van der Waals surface area contributed by atoms with Gasteiger partial charge in [-0.3, -0.25) is 4.79 Å². The molecule has 3 aliphatic heterocycles. The number of halogens is 1. The van der Waals surface area contributed by atoms with Crippen molar-refractivity contribution >= 4 is 28.3 Å². The number of hydrogen-bond acceptors (Lipinski definition) is 4. The standard InChI is InChI=1S/C19H27N3O3S.ClH/c23-19(21-17-11-15-8-9-16(12-17)20-15)14-5-4-10-22(13-14)26(24,25)18-6-2-1-3-7-18;/h1-3,6-7,14-17,20H,4-5,8-13H2,(H,21,23);1H. The summed E-state index contributed by atoms with van der Waals surface area (Å²) >= 11 is 0. The molecule has 3 heterocycles. The molecule has 1 aromatic carbocycles. The van der Waals surface area contributed by atoms with Crippen molar-refractivity contribution < 1.29 is 13.2 Å². The topological polar surface area (TPSA) is 78.5 Å². The number of sulfonamides is 1. The smallest absolute Gasteiger partial charge is 0.243 e. The Labute approximate surface area is 167 Å². The van der Waals surface area contributed by atoms with Crippen molar-refractivity contribution in [2.45, 2.75) is 61.5 Å². The van der Waals surface area contributed by atoms with Crippen molar-refractivity contribution in [2.75, 3.05) is 13.1 Å². The lowest BCUT2D eigenvalue weighted by atomic mass is 9.95. The summed E-state index contributed by atoms with van der Waals surface area (Å²) in [5.74, 6) is -0.237. The summed E-state index contributed by atoms with van der Waals surface area (Å²) < 4.78 is 27.1. The molecule has 3 fully saturated rings. The first-order valence-electron chi connectivity index (χ1n) is 9.64. The minimum absolute atomic E-state index is 0. The van der Waals surface area contributed by atoms with E-state index in [-0.39, 0.29) is 36.8 Å². The highest BCUT2D eigenvalue weighted by Gasteiger charge is 2.37. The van der Waals surface area contributed by atoms with Gasteiger partial charge in [-0.2, -0.15) is 4.31 Å². The van der Waals surface area contributed by atoms with Gasteiger partial charge < -0.3 is 10.6 Å². The van der Waals surface area contributed by atoms with Crippen LogP contribution in [0.3, 0.4) is 0 Å². The molecule has 3 aliphatic rings. The van der Waals surface area contributed by atoms with Crippen LogP contribution in [0.4, 0.5) is 0 Å². The number of piperidine rings is 2. The third-order valence-corrected chi connectivity index (χ3v) is 7.83. The number of benzene rings is 1. The number of nitrogens with zero attached hydrogens (tertiary/aromatic N) is 1. The fraction of sp³-hybridized carbons (Fsp3) is 0.632. The van der Waals surface area contributed by atoms with Crippen LogP contribution in [0, 0.1) is 5.92 Å². The highest BCUT2D eigenvalue weighted by Crippen LogP contribution is 2.28. The SMILES string of the molecule is Cl.O=C(NC1CC2CCC(C1)N2)C1CCCN(S(=O)(=O)c2ccccc2)C1. The Kier molecular flexibility index (Phi) is 6.46. The van der Waals surface area contributed by atoms with E-state index in [0.29, 0.717) is 23.5 Å². The van der Waals surface area contributed by atoms with Gasteiger partial charge in [0.15, 0.2) is 0 Å². The van der Waals surface area contributed by atoms with Crippen molar-refractivity contribution in [1.29, 1.82) is 0 Å². The largest absolute Gasteiger partial charge is 0.353 e. The Morgan fingerprint density at radius 3 is 2.41 bits per heavy atom. The van der Waals surface area contributed by atoms with Gasteiger partial charge in [0.2, 0.25) is 15.9 Å². The van der Waals surface area contributed by atoms with Gasteiger partial charge in [-0.1, -0.05) is 18.2 Å². The Bertz CT molecular complexity index is 747. The van der Waals surface area contributed by atoms with Gasteiger partial charge in [0, 0.05) is 31.2 Å². The molecule has 3 atom stereocenters. The summed E-state index contributed by atoms with van der Waals surface area (Å²) in [6.45, 7) is 0.763. The fourth-order valence-electron chi connectivity index (χ4n) is 4.61. The molecule has 3 saturated heterocycles. The molecule has 2 bridgehead atoms. The molecular weight excluding hydrogens is 386 g/mol. The van der Waals surface area contributed by atoms with E-state index in [4.69, 9.17) is 0 Å². The lowest BCUT2D eigenvalue weighted by Gasteiger charge is -2.34. The second-order valence-electron chi connectivity index (χ2n) is 7.83. The highest BCUT2D eigenvalue weighted by molar-refractivity contribution is 7.89. The summed E-state index contributed by atoms with van der Waals surface area (Å²) in [5, 5.41) is 6.78. The van der Waals surface area contributed by atoms with Crippen LogP contribution >= 0.6 is 12.4 Å². The second-order valence-corrected chi connectivity index (χ2v) is 9.77. The third-order valence-electron chi connectivity index (χ3n) is 5.96. The number of hydrogen-bond donors (Lipinski definition) is 2. The normalized spacial score (nSPS) is 31.1. The number of rotatable bonds is 4. The Morgan fingerprint density at radius 2 is 1.74 bits per heavy atom. The Balaban J connectivity index is 0.00000210. The average Bonchev–Trinajstić information content (AvgIpc) is 3.01. The van der Waals surface area contributed by atoms with E-state index in [1.165, 1.54) is 17.1 Å². The quantitative estimate of drug-likeness (QED) is 0.790. The van der Waals surface area contributed by atoms with Crippen LogP contribution in [0.1, 0.15) is 38.5 Å². The van der Waals surface area contributed by atoms with Crippen LogP contribution in [-0.2, 0) is 14.8 Å². The first-order chi connectivity index (χ1) is 12.5. The van der Waals surface area contributed by atoms with E-state index < -0.39 is 10.0 Å². The van der Waals surface area contributed by atoms with E-state index in [1.807, 2.05) is 0 Å². The van der Waals surface area contributed by atoms with Gasteiger partial charge in [0.1, 0.15) is 0 Å². The molecular formula is C19H28ClN3O3S. The summed E-state index contributed by atoms with van der Waals surface area (Å²) in [7, 11) is -3.53.